The summed E-state index contributed by atoms with van der Waals surface area (Å²) in [5, 5.41) is 12.0. The van der Waals surface area contributed by atoms with Gasteiger partial charge < -0.3 is 20.9 Å². The van der Waals surface area contributed by atoms with E-state index < -0.39 is 24.0 Å². The van der Waals surface area contributed by atoms with Crippen LogP contribution in [0.25, 0.3) is 0 Å². The second-order valence-electron chi connectivity index (χ2n) is 5.55. The number of carbonyl (C=O) groups is 2. The Morgan fingerprint density at radius 2 is 2.00 bits per heavy atom. The van der Waals surface area contributed by atoms with Gasteiger partial charge in [0.1, 0.15) is 0 Å². The van der Waals surface area contributed by atoms with Crippen molar-refractivity contribution in [1.29, 1.82) is 0 Å². The Balaban J connectivity index is 2.76. The number of amides is 1. The topological polar surface area (TPSA) is 102 Å². The molecule has 0 heterocycles. The molecule has 4 unspecified atom stereocenters. The lowest BCUT2D eigenvalue weighted by atomic mass is 10.0. The van der Waals surface area contributed by atoms with Crippen molar-refractivity contribution in [2.45, 2.75) is 58.2 Å². The van der Waals surface area contributed by atoms with E-state index in [2.05, 4.69) is 19.2 Å². The van der Waals surface area contributed by atoms with Gasteiger partial charge in [-0.15, -0.1) is 0 Å². The Hall–Kier alpha value is -1.14. The first kappa shape index (κ1) is 16.9. The first-order valence-corrected chi connectivity index (χ1v) is 7.27. The summed E-state index contributed by atoms with van der Waals surface area (Å²) in [7, 11) is 0. The second kappa shape index (κ2) is 7.59. The molecule has 6 nitrogen and oxygen atoms in total. The monoisotopic (exact) mass is 286 g/mol. The lowest BCUT2D eigenvalue weighted by molar-refractivity contribution is -0.147. The fourth-order valence-electron chi connectivity index (χ4n) is 2.72. The first-order chi connectivity index (χ1) is 9.40. The molecule has 20 heavy (non-hydrogen) atoms. The van der Waals surface area contributed by atoms with E-state index in [0.717, 1.165) is 12.8 Å². The summed E-state index contributed by atoms with van der Waals surface area (Å²) in [6.45, 7) is 6.07. The molecule has 116 valence electrons. The van der Waals surface area contributed by atoms with E-state index in [0.29, 0.717) is 18.9 Å². The molecule has 0 radical (unpaired) electrons. The van der Waals surface area contributed by atoms with Crippen LogP contribution < -0.4 is 11.1 Å². The molecule has 1 fully saturated rings. The van der Waals surface area contributed by atoms with Gasteiger partial charge in [0.05, 0.1) is 18.1 Å². The summed E-state index contributed by atoms with van der Waals surface area (Å²) >= 11 is 0. The predicted octanol–water partition coefficient (Wildman–Crippen LogP) is 0.744. The predicted molar refractivity (Wildman–Crippen MR) is 75.1 cm³/mol. The minimum absolute atomic E-state index is 0.215. The van der Waals surface area contributed by atoms with Crippen molar-refractivity contribution in [2.24, 2.45) is 17.6 Å². The molecule has 4 atom stereocenters. The average Bonchev–Trinajstić information content (AvgIpc) is 2.68. The van der Waals surface area contributed by atoms with Gasteiger partial charge in [-0.05, 0) is 12.3 Å². The highest BCUT2D eigenvalue weighted by atomic mass is 16.5. The summed E-state index contributed by atoms with van der Waals surface area (Å²) < 4.78 is 5.83. The summed E-state index contributed by atoms with van der Waals surface area (Å²) in [5.41, 5.74) is 5.96. The van der Waals surface area contributed by atoms with Crippen LogP contribution in [0.5, 0.6) is 0 Å². The van der Waals surface area contributed by atoms with E-state index in [-0.39, 0.29) is 11.9 Å². The lowest BCUT2D eigenvalue weighted by Crippen LogP contribution is -2.50. The minimum atomic E-state index is -0.914. The Morgan fingerprint density at radius 1 is 1.40 bits per heavy atom. The van der Waals surface area contributed by atoms with Gasteiger partial charge in [-0.1, -0.05) is 26.7 Å². The number of carboxylic acids is 1. The number of carbonyl (C=O) groups excluding carboxylic acids is 1. The smallest absolute Gasteiger partial charge is 0.309 e. The van der Waals surface area contributed by atoms with Crippen LogP contribution in [0.1, 0.15) is 40.0 Å². The number of carboxylic acid groups (broad SMARTS) is 1. The van der Waals surface area contributed by atoms with Crippen LogP contribution >= 0.6 is 0 Å². The van der Waals surface area contributed by atoms with E-state index in [9.17, 15) is 14.7 Å². The van der Waals surface area contributed by atoms with Crippen LogP contribution in [-0.2, 0) is 14.3 Å². The van der Waals surface area contributed by atoms with Crippen molar-refractivity contribution in [3.8, 4) is 0 Å². The highest BCUT2D eigenvalue weighted by Crippen LogP contribution is 2.29. The van der Waals surface area contributed by atoms with E-state index in [1.54, 1.807) is 0 Å². The molecule has 1 aliphatic rings. The van der Waals surface area contributed by atoms with Crippen LogP contribution in [0.3, 0.4) is 0 Å². The maximum Gasteiger partial charge on any atom is 0.309 e. The number of hydrogen-bond acceptors (Lipinski definition) is 4. The molecule has 1 amide bonds. The largest absolute Gasteiger partial charge is 0.481 e. The third-order valence-corrected chi connectivity index (χ3v) is 4.10. The average molecular weight is 286 g/mol. The van der Waals surface area contributed by atoms with E-state index >= 15 is 0 Å². The Kier molecular flexibility index (Phi) is 6.42. The molecule has 0 aromatic heterocycles. The molecule has 0 aliphatic heterocycles. The quantitative estimate of drug-likeness (QED) is 0.641. The van der Waals surface area contributed by atoms with Gasteiger partial charge in [-0.2, -0.15) is 0 Å². The molecule has 1 aliphatic carbocycles. The third-order valence-electron chi connectivity index (χ3n) is 4.10. The van der Waals surface area contributed by atoms with Crippen LogP contribution in [0.4, 0.5) is 0 Å². The van der Waals surface area contributed by atoms with Gasteiger partial charge in [-0.25, -0.2) is 0 Å². The summed E-state index contributed by atoms with van der Waals surface area (Å²) in [5.74, 6) is -1.38. The minimum Gasteiger partial charge on any atom is -0.481 e. The van der Waals surface area contributed by atoms with Crippen molar-refractivity contribution in [3.63, 3.8) is 0 Å². The fraction of sp³-hybridized carbons (Fsp3) is 0.857. The third kappa shape index (κ3) is 4.18. The Bertz CT molecular complexity index is 344. The van der Waals surface area contributed by atoms with Crippen molar-refractivity contribution < 1.29 is 19.4 Å². The highest BCUT2D eigenvalue weighted by molar-refractivity contribution is 5.75. The number of nitrogens with two attached hydrogens (primary N) is 1. The Labute approximate surface area is 120 Å². The normalized spacial score (nSPS) is 29.6. The molecular weight excluding hydrogens is 260 g/mol. The van der Waals surface area contributed by atoms with Crippen LogP contribution in [0.2, 0.25) is 0 Å². The summed E-state index contributed by atoms with van der Waals surface area (Å²) in [6.07, 6.45) is 1.75. The second-order valence-corrected chi connectivity index (χ2v) is 5.55. The molecule has 0 aromatic rings. The van der Waals surface area contributed by atoms with Gasteiger partial charge in [-0.3, -0.25) is 9.59 Å². The molecule has 4 N–H and O–H groups in total. The van der Waals surface area contributed by atoms with Gasteiger partial charge >= 0.3 is 5.97 Å². The van der Waals surface area contributed by atoms with Crippen LogP contribution in [0.15, 0.2) is 0 Å². The van der Waals surface area contributed by atoms with Gasteiger partial charge in [0.2, 0.25) is 5.91 Å². The van der Waals surface area contributed by atoms with E-state index in [1.165, 1.54) is 6.92 Å². The molecule has 1 saturated carbocycles. The van der Waals surface area contributed by atoms with Gasteiger partial charge in [0.25, 0.3) is 0 Å². The number of aliphatic carboxylic acids is 1. The molecule has 0 bridgehead atoms. The fourth-order valence-corrected chi connectivity index (χ4v) is 2.72. The van der Waals surface area contributed by atoms with Crippen molar-refractivity contribution >= 4 is 11.9 Å². The zero-order valence-corrected chi connectivity index (χ0v) is 12.5. The SMILES string of the molecule is CCC(CC)COC1C(C(=O)O)CC(N)C1NC(C)=O. The van der Waals surface area contributed by atoms with Crippen LogP contribution in [0, 0.1) is 11.8 Å². The maximum absolute atomic E-state index is 11.3. The van der Waals surface area contributed by atoms with Crippen LogP contribution in [-0.4, -0.2) is 41.8 Å². The molecule has 1 rings (SSSR count). The Morgan fingerprint density at radius 3 is 2.45 bits per heavy atom. The van der Waals surface area contributed by atoms with Crippen molar-refractivity contribution in [2.75, 3.05) is 6.61 Å². The summed E-state index contributed by atoms with van der Waals surface area (Å²) in [6, 6.07) is -0.810. The molecule has 0 spiro atoms. The zero-order valence-electron chi connectivity index (χ0n) is 12.5. The standard InChI is InChI=1S/C14H26N2O4/c1-4-9(5-2)7-20-13-10(14(18)19)6-11(15)12(13)16-8(3)17/h9-13H,4-7,15H2,1-3H3,(H,16,17)(H,18,19). The van der Waals surface area contributed by atoms with Gasteiger partial charge in [0.15, 0.2) is 0 Å². The maximum atomic E-state index is 11.3. The molecule has 6 heteroatoms. The first-order valence-electron chi connectivity index (χ1n) is 7.27. The molecular formula is C14H26N2O4. The molecule has 0 saturated heterocycles. The van der Waals surface area contributed by atoms with Crippen molar-refractivity contribution in [1.82, 2.24) is 5.32 Å². The highest BCUT2D eigenvalue weighted by Gasteiger charge is 2.46. The zero-order chi connectivity index (χ0) is 15.3. The number of rotatable bonds is 7. The number of nitrogens with one attached hydrogen (secondary N) is 1. The number of hydrogen-bond donors (Lipinski definition) is 3. The van der Waals surface area contributed by atoms with E-state index in [4.69, 9.17) is 10.5 Å². The molecule has 0 aromatic carbocycles. The van der Waals surface area contributed by atoms with E-state index in [1.807, 2.05) is 0 Å². The van der Waals surface area contributed by atoms with Crippen molar-refractivity contribution in [3.05, 3.63) is 0 Å². The summed E-state index contributed by atoms with van der Waals surface area (Å²) in [4.78, 5) is 22.6. The van der Waals surface area contributed by atoms with Gasteiger partial charge in [0, 0.05) is 19.6 Å². The lowest BCUT2D eigenvalue weighted by Gasteiger charge is -2.27. The number of ether oxygens (including phenoxy) is 1.